The Morgan fingerprint density at radius 3 is 2.39 bits per heavy atom. The minimum Gasteiger partial charge on any atom is -0.478 e. The summed E-state index contributed by atoms with van der Waals surface area (Å²) in [5, 5.41) is 12.1. The highest BCUT2D eigenvalue weighted by molar-refractivity contribution is 5.87. The molecule has 3 nitrogen and oxygen atoms in total. The van der Waals surface area contributed by atoms with Crippen LogP contribution in [0.15, 0.2) is 42.5 Å². The van der Waals surface area contributed by atoms with Gasteiger partial charge in [-0.2, -0.15) is 0 Å². The monoisotopic (exact) mass is 317 g/mol. The molecule has 0 spiro atoms. The zero-order chi connectivity index (χ0) is 16.4. The number of aromatic carboxylic acids is 1. The van der Waals surface area contributed by atoms with Gasteiger partial charge >= 0.3 is 5.97 Å². The van der Waals surface area contributed by atoms with Gasteiger partial charge in [-0.15, -0.1) is 0 Å². The second-order valence-electron chi connectivity index (χ2n) is 6.01. The number of nitrogens with one attached hydrogen (secondary N) is 1. The van der Waals surface area contributed by atoms with Gasteiger partial charge in [-0.3, -0.25) is 0 Å². The quantitative estimate of drug-likeness (QED) is 0.857. The van der Waals surface area contributed by atoms with E-state index in [0.717, 1.165) is 24.5 Å². The highest BCUT2D eigenvalue weighted by Crippen LogP contribution is 2.48. The Morgan fingerprint density at radius 1 is 1.13 bits per heavy atom. The van der Waals surface area contributed by atoms with Crippen molar-refractivity contribution in [1.82, 2.24) is 5.32 Å². The van der Waals surface area contributed by atoms with Crippen molar-refractivity contribution in [3.8, 4) is 0 Å². The predicted octanol–water partition coefficient (Wildman–Crippen LogP) is 3.48. The topological polar surface area (TPSA) is 49.3 Å². The van der Waals surface area contributed by atoms with Crippen molar-refractivity contribution >= 4 is 5.97 Å². The molecule has 2 N–H and O–H groups in total. The molecule has 2 aromatic carbocycles. The summed E-state index contributed by atoms with van der Waals surface area (Å²) in [5.74, 6) is -2.00. The first-order chi connectivity index (χ1) is 11.0. The van der Waals surface area contributed by atoms with E-state index >= 15 is 0 Å². The molecule has 0 amide bonds. The van der Waals surface area contributed by atoms with Crippen molar-refractivity contribution in [1.29, 1.82) is 0 Å². The van der Waals surface area contributed by atoms with Gasteiger partial charge in [0, 0.05) is 24.6 Å². The van der Waals surface area contributed by atoms with Crippen LogP contribution in [0.4, 0.5) is 8.78 Å². The molecule has 0 heterocycles. The third-order valence-electron chi connectivity index (χ3n) is 4.35. The number of rotatable bonds is 6. The molecule has 0 atom stereocenters. The van der Waals surface area contributed by atoms with Crippen molar-refractivity contribution in [2.75, 3.05) is 6.54 Å². The number of hydrogen-bond acceptors (Lipinski definition) is 2. The average Bonchev–Trinajstić information content (AvgIpc) is 3.28. The molecule has 1 aliphatic carbocycles. The lowest BCUT2D eigenvalue weighted by Gasteiger charge is -2.17. The summed E-state index contributed by atoms with van der Waals surface area (Å²) in [7, 11) is 0. The van der Waals surface area contributed by atoms with Crippen molar-refractivity contribution < 1.29 is 18.7 Å². The largest absolute Gasteiger partial charge is 0.478 e. The van der Waals surface area contributed by atoms with E-state index in [0.29, 0.717) is 18.7 Å². The van der Waals surface area contributed by atoms with Gasteiger partial charge in [-0.1, -0.05) is 18.2 Å². The molecule has 1 aliphatic rings. The second-order valence-corrected chi connectivity index (χ2v) is 6.01. The van der Waals surface area contributed by atoms with Gasteiger partial charge in [0.1, 0.15) is 11.6 Å². The Morgan fingerprint density at radius 2 is 1.83 bits per heavy atom. The average molecular weight is 317 g/mol. The van der Waals surface area contributed by atoms with Gasteiger partial charge in [-0.25, -0.2) is 13.6 Å². The van der Waals surface area contributed by atoms with Gasteiger partial charge in [-0.05, 0) is 42.2 Å². The highest BCUT2D eigenvalue weighted by atomic mass is 19.1. The Balaban J connectivity index is 1.61. The first-order valence-corrected chi connectivity index (χ1v) is 7.49. The van der Waals surface area contributed by atoms with E-state index < -0.39 is 17.6 Å². The molecule has 0 unspecified atom stereocenters. The second kappa shape index (κ2) is 6.08. The summed E-state index contributed by atoms with van der Waals surface area (Å²) in [5.41, 5.74) is 1.53. The fourth-order valence-electron chi connectivity index (χ4n) is 2.82. The lowest BCUT2D eigenvalue weighted by atomic mass is 9.95. The molecular formula is C18H17F2NO2. The summed E-state index contributed by atoms with van der Waals surface area (Å²) >= 11 is 0. The normalized spacial score (nSPS) is 15.4. The Kier molecular flexibility index (Phi) is 4.13. The van der Waals surface area contributed by atoms with Crippen LogP contribution >= 0.6 is 0 Å². The van der Waals surface area contributed by atoms with Crippen LogP contribution in [0.3, 0.4) is 0 Å². The van der Waals surface area contributed by atoms with E-state index in [1.54, 1.807) is 24.3 Å². The van der Waals surface area contributed by atoms with Gasteiger partial charge in [0.15, 0.2) is 0 Å². The fourth-order valence-corrected chi connectivity index (χ4v) is 2.82. The first-order valence-electron chi connectivity index (χ1n) is 7.49. The minimum absolute atomic E-state index is 0.251. The maximum Gasteiger partial charge on any atom is 0.335 e. The number of halogens is 2. The van der Waals surface area contributed by atoms with E-state index in [1.807, 2.05) is 0 Å². The molecule has 2 aromatic rings. The molecule has 120 valence electrons. The van der Waals surface area contributed by atoms with Gasteiger partial charge in [0.2, 0.25) is 0 Å². The van der Waals surface area contributed by atoms with Gasteiger partial charge in [0.05, 0.1) is 5.56 Å². The van der Waals surface area contributed by atoms with Crippen LogP contribution in [0, 0.1) is 11.6 Å². The fraction of sp³-hybridized carbons (Fsp3) is 0.278. The Labute approximate surface area is 133 Å². The van der Waals surface area contributed by atoms with Crippen LogP contribution in [-0.2, 0) is 12.0 Å². The molecule has 1 saturated carbocycles. The molecular weight excluding hydrogens is 300 g/mol. The molecule has 5 heteroatoms. The zero-order valence-electron chi connectivity index (χ0n) is 12.5. The Bertz CT molecular complexity index is 724. The lowest BCUT2D eigenvalue weighted by molar-refractivity contribution is 0.0697. The standard InChI is InChI=1S/C18H17F2NO2/c19-14-5-6-15(16(20)9-14)18(7-8-18)11-21-10-12-1-3-13(4-2-12)17(22)23/h1-6,9,21H,7-8,10-11H2,(H,22,23). The molecule has 0 saturated heterocycles. The summed E-state index contributed by atoms with van der Waals surface area (Å²) in [6.45, 7) is 1.18. The van der Waals surface area contributed by atoms with Crippen molar-refractivity contribution in [3.63, 3.8) is 0 Å². The number of carboxylic acid groups (broad SMARTS) is 1. The highest BCUT2D eigenvalue weighted by Gasteiger charge is 2.45. The molecule has 3 rings (SSSR count). The van der Waals surface area contributed by atoms with Gasteiger partial charge < -0.3 is 10.4 Å². The maximum atomic E-state index is 13.9. The minimum atomic E-state index is -0.951. The van der Waals surface area contributed by atoms with Crippen LogP contribution in [0.5, 0.6) is 0 Å². The van der Waals surface area contributed by atoms with E-state index in [2.05, 4.69) is 5.32 Å². The first kappa shape index (κ1) is 15.6. The van der Waals surface area contributed by atoms with Gasteiger partial charge in [0.25, 0.3) is 0 Å². The lowest BCUT2D eigenvalue weighted by Crippen LogP contribution is -2.27. The number of hydrogen-bond donors (Lipinski definition) is 2. The number of carboxylic acids is 1. The van der Waals surface area contributed by atoms with Crippen molar-refractivity contribution in [3.05, 3.63) is 70.8 Å². The number of carbonyl (C=O) groups is 1. The third kappa shape index (κ3) is 3.40. The van der Waals surface area contributed by atoms with E-state index in [9.17, 15) is 13.6 Å². The molecule has 0 aromatic heterocycles. The summed E-state index contributed by atoms with van der Waals surface area (Å²) < 4.78 is 27.0. The van der Waals surface area contributed by atoms with Crippen LogP contribution in [0.25, 0.3) is 0 Å². The molecule has 23 heavy (non-hydrogen) atoms. The van der Waals surface area contributed by atoms with Crippen molar-refractivity contribution in [2.45, 2.75) is 24.8 Å². The predicted molar refractivity (Wildman–Crippen MR) is 82.4 cm³/mol. The summed E-state index contributed by atoms with van der Waals surface area (Å²) in [6, 6.07) is 10.4. The summed E-state index contributed by atoms with van der Waals surface area (Å²) in [6.07, 6.45) is 1.75. The molecule has 0 radical (unpaired) electrons. The zero-order valence-corrected chi connectivity index (χ0v) is 12.5. The van der Waals surface area contributed by atoms with Crippen LogP contribution < -0.4 is 5.32 Å². The number of benzene rings is 2. The smallest absolute Gasteiger partial charge is 0.335 e. The van der Waals surface area contributed by atoms with Crippen LogP contribution in [0.1, 0.15) is 34.3 Å². The molecule has 0 aliphatic heterocycles. The van der Waals surface area contributed by atoms with E-state index in [4.69, 9.17) is 5.11 Å². The van der Waals surface area contributed by atoms with Crippen LogP contribution in [-0.4, -0.2) is 17.6 Å². The van der Waals surface area contributed by atoms with E-state index in [-0.39, 0.29) is 11.0 Å². The summed E-state index contributed by atoms with van der Waals surface area (Å²) in [4.78, 5) is 10.8. The van der Waals surface area contributed by atoms with E-state index in [1.165, 1.54) is 12.1 Å². The van der Waals surface area contributed by atoms with Crippen molar-refractivity contribution in [2.24, 2.45) is 0 Å². The van der Waals surface area contributed by atoms with Crippen LogP contribution in [0.2, 0.25) is 0 Å². The SMILES string of the molecule is O=C(O)c1ccc(CNCC2(c3ccc(F)cc3F)CC2)cc1. The maximum absolute atomic E-state index is 13.9. The Hall–Kier alpha value is -2.27. The molecule has 1 fully saturated rings. The molecule has 0 bridgehead atoms. The third-order valence-corrected chi connectivity index (χ3v) is 4.35.